The fourth-order valence-corrected chi connectivity index (χ4v) is 3.22. The molecule has 0 spiro atoms. The molecule has 0 radical (unpaired) electrons. The highest BCUT2D eigenvalue weighted by atomic mass is 79.9. The summed E-state index contributed by atoms with van der Waals surface area (Å²) in [5, 5.41) is 9.11. The average molecular weight is 344 g/mol. The smallest absolute Gasteiger partial charge is 0.336 e. The Morgan fingerprint density at radius 1 is 1.47 bits per heavy atom. The number of benzene rings is 1. The number of carboxylic acid groups (broad SMARTS) is 1. The van der Waals surface area contributed by atoms with Crippen LogP contribution in [0.4, 0.5) is 0 Å². The third-order valence-electron chi connectivity index (χ3n) is 3.01. The van der Waals surface area contributed by atoms with Gasteiger partial charge in [0, 0.05) is 22.5 Å². The Balaban J connectivity index is 2.03. The number of carboxylic acids is 1. The molecule has 1 aromatic carbocycles. The minimum Gasteiger partial charge on any atom is -0.478 e. The Kier molecular flexibility index (Phi) is 4.52. The first-order valence-corrected chi connectivity index (χ1v) is 7.68. The molecular weight excluding hydrogens is 330 g/mol. The largest absolute Gasteiger partial charge is 0.478 e. The van der Waals surface area contributed by atoms with Crippen molar-refractivity contribution in [3.63, 3.8) is 0 Å². The first kappa shape index (κ1) is 14.4. The van der Waals surface area contributed by atoms with E-state index in [1.807, 2.05) is 0 Å². The minimum absolute atomic E-state index is 0.0452. The zero-order chi connectivity index (χ0) is 14.0. The number of aromatic carboxylic acids is 1. The molecule has 0 unspecified atom stereocenters. The quantitative estimate of drug-likeness (QED) is 0.835. The summed E-state index contributed by atoms with van der Waals surface area (Å²) < 4.78 is 0.808. The Bertz CT molecular complexity index is 517. The van der Waals surface area contributed by atoms with Crippen molar-refractivity contribution in [1.82, 2.24) is 4.90 Å². The maximum absolute atomic E-state index is 11.9. The van der Waals surface area contributed by atoms with Crippen LogP contribution in [-0.4, -0.2) is 40.7 Å². The number of thioether (sulfide) groups is 1. The highest BCUT2D eigenvalue weighted by Gasteiger charge is 2.29. The molecule has 4 nitrogen and oxygen atoms in total. The molecule has 0 bridgehead atoms. The summed E-state index contributed by atoms with van der Waals surface area (Å²) in [6, 6.07) is 5.35. The number of hydrogen-bond donors (Lipinski definition) is 1. The van der Waals surface area contributed by atoms with Gasteiger partial charge in [0.05, 0.1) is 11.3 Å². The van der Waals surface area contributed by atoms with E-state index < -0.39 is 5.97 Å². The lowest BCUT2D eigenvalue weighted by atomic mass is 10.2. The molecule has 0 heterocycles. The topological polar surface area (TPSA) is 57.6 Å². The van der Waals surface area contributed by atoms with Crippen molar-refractivity contribution in [2.75, 3.05) is 12.8 Å². The molecule has 0 atom stereocenters. The Morgan fingerprint density at radius 2 is 2.16 bits per heavy atom. The van der Waals surface area contributed by atoms with Gasteiger partial charge in [0.2, 0.25) is 5.91 Å². The van der Waals surface area contributed by atoms with Gasteiger partial charge >= 0.3 is 5.97 Å². The molecule has 0 saturated heterocycles. The van der Waals surface area contributed by atoms with Crippen molar-refractivity contribution in [3.05, 3.63) is 28.2 Å². The third-order valence-corrected chi connectivity index (χ3v) is 4.55. The number of hydrogen-bond acceptors (Lipinski definition) is 3. The number of nitrogens with zero attached hydrogens (tertiary/aromatic N) is 1. The first-order chi connectivity index (χ1) is 8.99. The van der Waals surface area contributed by atoms with Crippen molar-refractivity contribution in [2.45, 2.75) is 23.8 Å². The first-order valence-electron chi connectivity index (χ1n) is 5.90. The van der Waals surface area contributed by atoms with Crippen LogP contribution < -0.4 is 0 Å². The van der Waals surface area contributed by atoms with E-state index in [2.05, 4.69) is 15.9 Å². The van der Waals surface area contributed by atoms with Crippen molar-refractivity contribution < 1.29 is 14.7 Å². The predicted octanol–water partition coefficient (Wildman–Crippen LogP) is 2.86. The van der Waals surface area contributed by atoms with Crippen molar-refractivity contribution in [1.29, 1.82) is 0 Å². The zero-order valence-electron chi connectivity index (χ0n) is 10.4. The van der Waals surface area contributed by atoms with Crippen LogP contribution >= 0.6 is 27.7 Å². The third kappa shape index (κ3) is 3.73. The molecule has 19 heavy (non-hydrogen) atoms. The van der Waals surface area contributed by atoms with Gasteiger partial charge in [-0.2, -0.15) is 0 Å². The highest BCUT2D eigenvalue weighted by molar-refractivity contribution is 9.10. The van der Waals surface area contributed by atoms with Crippen LogP contribution in [0.15, 0.2) is 27.6 Å². The van der Waals surface area contributed by atoms with Gasteiger partial charge in [-0.3, -0.25) is 4.79 Å². The fourth-order valence-electron chi connectivity index (χ4n) is 1.70. The van der Waals surface area contributed by atoms with Gasteiger partial charge in [-0.15, -0.1) is 11.8 Å². The van der Waals surface area contributed by atoms with E-state index in [0.29, 0.717) is 10.9 Å². The Hall–Kier alpha value is -1.01. The molecule has 6 heteroatoms. The standard InChI is InChI=1S/C13H14BrNO3S/c1-15(9-3-4-9)12(16)7-19-11-6-8(14)2-5-10(11)13(17)18/h2,5-6,9H,3-4,7H2,1H3,(H,17,18). The monoisotopic (exact) mass is 343 g/mol. The molecule has 0 aromatic heterocycles. The minimum atomic E-state index is -0.974. The van der Waals surface area contributed by atoms with Crippen LogP contribution in [0.25, 0.3) is 0 Å². The summed E-state index contributed by atoms with van der Waals surface area (Å²) in [5.74, 6) is -0.661. The molecule has 1 amide bonds. The van der Waals surface area contributed by atoms with Gasteiger partial charge in [0.1, 0.15) is 0 Å². The summed E-state index contributed by atoms with van der Waals surface area (Å²) in [4.78, 5) is 25.4. The van der Waals surface area contributed by atoms with E-state index in [4.69, 9.17) is 5.11 Å². The van der Waals surface area contributed by atoms with Crippen LogP contribution in [0, 0.1) is 0 Å². The predicted molar refractivity (Wildman–Crippen MR) is 77.6 cm³/mol. The second-order valence-electron chi connectivity index (χ2n) is 4.47. The fraction of sp³-hybridized carbons (Fsp3) is 0.385. The van der Waals surface area contributed by atoms with E-state index in [1.54, 1.807) is 30.1 Å². The number of halogens is 1. The van der Waals surface area contributed by atoms with Crippen LogP contribution in [-0.2, 0) is 4.79 Å². The van der Waals surface area contributed by atoms with Gasteiger partial charge < -0.3 is 10.0 Å². The highest BCUT2D eigenvalue weighted by Crippen LogP contribution is 2.29. The van der Waals surface area contributed by atoms with Gasteiger partial charge in [-0.1, -0.05) is 15.9 Å². The average Bonchev–Trinajstić information content (AvgIpc) is 3.18. The van der Waals surface area contributed by atoms with E-state index in [1.165, 1.54) is 11.8 Å². The number of amides is 1. The Labute approximate surface area is 124 Å². The molecule has 102 valence electrons. The molecular formula is C13H14BrNO3S. The van der Waals surface area contributed by atoms with Crippen LogP contribution in [0.3, 0.4) is 0 Å². The molecule has 1 N–H and O–H groups in total. The lowest BCUT2D eigenvalue weighted by Gasteiger charge is -2.16. The van der Waals surface area contributed by atoms with E-state index >= 15 is 0 Å². The summed E-state index contributed by atoms with van der Waals surface area (Å²) in [6.07, 6.45) is 2.15. The molecule has 1 fully saturated rings. The van der Waals surface area contributed by atoms with Crippen LogP contribution in [0.5, 0.6) is 0 Å². The molecule has 1 aliphatic rings. The zero-order valence-corrected chi connectivity index (χ0v) is 12.8. The van der Waals surface area contributed by atoms with Crippen molar-refractivity contribution >= 4 is 39.6 Å². The lowest BCUT2D eigenvalue weighted by molar-refractivity contribution is -0.127. The summed E-state index contributed by atoms with van der Waals surface area (Å²) >= 11 is 4.58. The summed E-state index contributed by atoms with van der Waals surface area (Å²) in [5.41, 5.74) is 0.232. The normalized spacial score (nSPS) is 14.2. The number of carbonyl (C=O) groups excluding carboxylic acids is 1. The molecule has 0 aliphatic heterocycles. The van der Waals surface area contributed by atoms with Crippen LogP contribution in [0.2, 0.25) is 0 Å². The van der Waals surface area contributed by atoms with Gasteiger partial charge in [-0.25, -0.2) is 4.79 Å². The van der Waals surface area contributed by atoms with Crippen LogP contribution in [0.1, 0.15) is 23.2 Å². The van der Waals surface area contributed by atoms with E-state index in [9.17, 15) is 9.59 Å². The summed E-state index contributed by atoms with van der Waals surface area (Å²) in [7, 11) is 1.81. The second kappa shape index (κ2) is 5.96. The second-order valence-corrected chi connectivity index (χ2v) is 6.40. The lowest BCUT2D eigenvalue weighted by Crippen LogP contribution is -2.30. The number of rotatable bonds is 5. The molecule has 1 saturated carbocycles. The molecule has 1 aromatic rings. The van der Waals surface area contributed by atoms with Gasteiger partial charge in [0.25, 0.3) is 0 Å². The molecule has 1 aliphatic carbocycles. The van der Waals surface area contributed by atoms with Gasteiger partial charge in [0.15, 0.2) is 0 Å². The Morgan fingerprint density at radius 3 is 2.74 bits per heavy atom. The van der Waals surface area contributed by atoms with Gasteiger partial charge in [-0.05, 0) is 31.0 Å². The molecule has 2 rings (SSSR count). The van der Waals surface area contributed by atoms with Crippen molar-refractivity contribution in [3.8, 4) is 0 Å². The van der Waals surface area contributed by atoms with E-state index in [-0.39, 0.29) is 17.2 Å². The maximum Gasteiger partial charge on any atom is 0.336 e. The maximum atomic E-state index is 11.9. The number of carbonyl (C=O) groups is 2. The van der Waals surface area contributed by atoms with E-state index in [0.717, 1.165) is 17.3 Å². The SMILES string of the molecule is CN(C(=O)CSc1cc(Br)ccc1C(=O)O)C1CC1. The van der Waals surface area contributed by atoms with Crippen molar-refractivity contribution in [2.24, 2.45) is 0 Å². The summed E-state index contributed by atoms with van der Waals surface area (Å²) in [6.45, 7) is 0.